The van der Waals surface area contributed by atoms with Gasteiger partial charge in [0.2, 0.25) is 0 Å². The first-order chi connectivity index (χ1) is 5.70. The van der Waals surface area contributed by atoms with Crippen molar-refractivity contribution in [1.82, 2.24) is 9.80 Å². The van der Waals surface area contributed by atoms with E-state index >= 15 is 0 Å². The van der Waals surface area contributed by atoms with Gasteiger partial charge in [-0.25, -0.2) is 4.79 Å². The normalized spacial score (nSPS) is 25.1. The van der Waals surface area contributed by atoms with Crippen molar-refractivity contribution in [2.75, 3.05) is 26.8 Å². The second-order valence-electron chi connectivity index (χ2n) is 3.09. The van der Waals surface area contributed by atoms with E-state index in [2.05, 4.69) is 0 Å². The molecule has 2 rings (SSSR count). The molecule has 0 aromatic heterocycles. The molecule has 5 nitrogen and oxygen atoms in total. The van der Waals surface area contributed by atoms with E-state index in [9.17, 15) is 9.59 Å². The molecule has 0 radical (unpaired) electrons. The summed E-state index contributed by atoms with van der Waals surface area (Å²) in [5, 5.41) is 0. The zero-order chi connectivity index (χ0) is 8.72. The minimum atomic E-state index is -0.201. The van der Waals surface area contributed by atoms with Crippen LogP contribution in [0.3, 0.4) is 0 Å². The summed E-state index contributed by atoms with van der Waals surface area (Å²) in [5.74, 6) is -0.115. The second kappa shape index (κ2) is 2.45. The third-order valence-corrected chi connectivity index (χ3v) is 2.16. The van der Waals surface area contributed by atoms with Crippen molar-refractivity contribution in [3.63, 3.8) is 0 Å². The number of imide groups is 1. The van der Waals surface area contributed by atoms with Crippen molar-refractivity contribution >= 4 is 11.9 Å². The van der Waals surface area contributed by atoms with Crippen LogP contribution in [-0.4, -0.2) is 54.6 Å². The van der Waals surface area contributed by atoms with Gasteiger partial charge in [-0.15, -0.1) is 0 Å². The highest BCUT2D eigenvalue weighted by molar-refractivity contribution is 6.02. The number of carbonyl (C=O) groups is 2. The zero-order valence-corrected chi connectivity index (χ0v) is 6.82. The monoisotopic (exact) mass is 170 g/mol. The Hall–Kier alpha value is -1.10. The summed E-state index contributed by atoms with van der Waals surface area (Å²) >= 11 is 0. The molecule has 0 saturated carbocycles. The van der Waals surface area contributed by atoms with E-state index < -0.39 is 0 Å². The van der Waals surface area contributed by atoms with Crippen LogP contribution in [0, 0.1) is 0 Å². The highest BCUT2D eigenvalue weighted by Gasteiger charge is 2.41. The molecule has 0 aromatic rings. The number of carbonyl (C=O) groups excluding carboxylic acids is 2. The van der Waals surface area contributed by atoms with E-state index in [0.29, 0.717) is 13.2 Å². The summed E-state index contributed by atoms with van der Waals surface area (Å²) in [6.07, 6.45) is 0. The lowest BCUT2D eigenvalue weighted by Gasteiger charge is -2.32. The Morgan fingerprint density at radius 1 is 1.42 bits per heavy atom. The topological polar surface area (TPSA) is 49.9 Å². The number of hydrogen-bond acceptors (Lipinski definition) is 3. The molecule has 12 heavy (non-hydrogen) atoms. The Morgan fingerprint density at radius 2 is 2.08 bits per heavy atom. The van der Waals surface area contributed by atoms with E-state index in [1.54, 1.807) is 7.05 Å². The van der Waals surface area contributed by atoms with Crippen LogP contribution in [-0.2, 0) is 9.53 Å². The summed E-state index contributed by atoms with van der Waals surface area (Å²) in [7, 11) is 1.62. The van der Waals surface area contributed by atoms with Gasteiger partial charge < -0.3 is 9.64 Å². The van der Waals surface area contributed by atoms with Crippen LogP contribution in [0.1, 0.15) is 0 Å². The molecule has 2 saturated heterocycles. The van der Waals surface area contributed by atoms with Crippen molar-refractivity contribution in [2.24, 2.45) is 0 Å². The molecule has 0 spiro atoms. The Bertz CT molecular complexity index is 237. The maximum absolute atomic E-state index is 11.3. The molecule has 2 aliphatic heterocycles. The number of hydrogen-bond donors (Lipinski definition) is 0. The lowest BCUT2D eigenvalue weighted by molar-refractivity contribution is -0.134. The van der Waals surface area contributed by atoms with Crippen molar-refractivity contribution in [3.05, 3.63) is 0 Å². The van der Waals surface area contributed by atoms with Gasteiger partial charge in [-0.1, -0.05) is 0 Å². The lowest BCUT2D eigenvalue weighted by Crippen LogP contribution is -2.52. The molecule has 0 atom stereocenters. The molecule has 2 aliphatic rings. The molecule has 0 aromatic carbocycles. The molecule has 5 heteroatoms. The Balaban J connectivity index is 2.12. The summed E-state index contributed by atoms with van der Waals surface area (Å²) in [6.45, 7) is 1.19. The molecule has 3 amide bonds. The fourth-order valence-corrected chi connectivity index (χ4v) is 1.37. The fourth-order valence-electron chi connectivity index (χ4n) is 1.37. The SMILES string of the molecule is CN1CC(=O)N(C2COC2)C1=O. The van der Waals surface area contributed by atoms with Gasteiger partial charge in [-0.3, -0.25) is 9.69 Å². The van der Waals surface area contributed by atoms with Crippen LogP contribution in [0.4, 0.5) is 4.79 Å². The van der Waals surface area contributed by atoms with E-state index in [0.717, 1.165) is 0 Å². The van der Waals surface area contributed by atoms with Crippen LogP contribution < -0.4 is 0 Å². The standard InChI is InChI=1S/C7H10N2O3/c1-8-2-6(10)9(7(8)11)5-3-12-4-5/h5H,2-4H2,1H3. The molecule has 0 N–H and O–H groups in total. The number of nitrogens with zero attached hydrogens (tertiary/aromatic N) is 2. The fraction of sp³-hybridized carbons (Fsp3) is 0.714. The van der Waals surface area contributed by atoms with Crippen molar-refractivity contribution < 1.29 is 14.3 Å². The molecule has 66 valence electrons. The number of ether oxygens (including phenoxy) is 1. The quantitative estimate of drug-likeness (QED) is 0.488. The summed E-state index contributed by atoms with van der Waals surface area (Å²) < 4.78 is 4.91. The highest BCUT2D eigenvalue weighted by atomic mass is 16.5. The van der Waals surface area contributed by atoms with E-state index in [1.807, 2.05) is 0 Å². The Labute approximate surface area is 69.9 Å². The zero-order valence-electron chi connectivity index (χ0n) is 6.82. The van der Waals surface area contributed by atoms with Gasteiger partial charge in [0.05, 0.1) is 19.3 Å². The van der Waals surface area contributed by atoms with Gasteiger partial charge in [0.15, 0.2) is 0 Å². The van der Waals surface area contributed by atoms with E-state index in [4.69, 9.17) is 4.74 Å². The van der Waals surface area contributed by atoms with Crippen LogP contribution in [0.2, 0.25) is 0 Å². The van der Waals surface area contributed by atoms with Gasteiger partial charge in [0.25, 0.3) is 5.91 Å². The van der Waals surface area contributed by atoms with Gasteiger partial charge in [0.1, 0.15) is 6.54 Å². The van der Waals surface area contributed by atoms with Crippen LogP contribution >= 0.6 is 0 Å². The predicted octanol–water partition coefficient (Wildman–Crippen LogP) is -0.721. The molecular weight excluding hydrogens is 160 g/mol. The number of amides is 3. The summed E-state index contributed by atoms with van der Waals surface area (Å²) in [6, 6.07) is -0.219. The molecular formula is C7H10N2O3. The van der Waals surface area contributed by atoms with Gasteiger partial charge >= 0.3 is 6.03 Å². The second-order valence-corrected chi connectivity index (χ2v) is 3.09. The average Bonchev–Trinajstić information content (AvgIpc) is 2.13. The molecule has 0 bridgehead atoms. The minimum Gasteiger partial charge on any atom is -0.377 e. The lowest BCUT2D eigenvalue weighted by atomic mass is 10.2. The first-order valence-electron chi connectivity index (χ1n) is 3.85. The first-order valence-corrected chi connectivity index (χ1v) is 3.85. The van der Waals surface area contributed by atoms with Crippen LogP contribution in [0.15, 0.2) is 0 Å². The average molecular weight is 170 g/mol. The highest BCUT2D eigenvalue weighted by Crippen LogP contribution is 2.17. The third-order valence-electron chi connectivity index (χ3n) is 2.16. The van der Waals surface area contributed by atoms with Crippen LogP contribution in [0.5, 0.6) is 0 Å². The summed E-state index contributed by atoms with van der Waals surface area (Å²) in [5.41, 5.74) is 0. The van der Waals surface area contributed by atoms with E-state index in [1.165, 1.54) is 9.80 Å². The molecule has 2 fully saturated rings. The third kappa shape index (κ3) is 0.896. The smallest absolute Gasteiger partial charge is 0.327 e. The van der Waals surface area contributed by atoms with Crippen molar-refractivity contribution in [3.8, 4) is 0 Å². The minimum absolute atomic E-state index is 0.0186. The molecule has 2 heterocycles. The maximum Gasteiger partial charge on any atom is 0.327 e. The van der Waals surface area contributed by atoms with E-state index in [-0.39, 0.29) is 24.5 Å². The van der Waals surface area contributed by atoms with Crippen molar-refractivity contribution in [1.29, 1.82) is 0 Å². The molecule has 0 unspecified atom stereocenters. The maximum atomic E-state index is 11.3. The van der Waals surface area contributed by atoms with Crippen LogP contribution in [0.25, 0.3) is 0 Å². The number of urea groups is 1. The van der Waals surface area contributed by atoms with Gasteiger partial charge in [-0.2, -0.15) is 0 Å². The summed E-state index contributed by atoms with van der Waals surface area (Å²) in [4.78, 5) is 25.3. The molecule has 0 aliphatic carbocycles. The largest absolute Gasteiger partial charge is 0.377 e. The van der Waals surface area contributed by atoms with Gasteiger partial charge in [0, 0.05) is 7.05 Å². The number of likely N-dealkylation sites (N-methyl/N-ethyl adjacent to an activating group) is 1. The Kier molecular flexibility index (Phi) is 1.54. The van der Waals surface area contributed by atoms with Gasteiger partial charge in [-0.05, 0) is 0 Å². The number of rotatable bonds is 1. The first kappa shape index (κ1) is 7.54. The van der Waals surface area contributed by atoms with Crippen molar-refractivity contribution in [2.45, 2.75) is 6.04 Å². The Morgan fingerprint density at radius 3 is 2.42 bits per heavy atom. The predicted molar refractivity (Wildman–Crippen MR) is 39.5 cm³/mol.